The second-order valence-electron chi connectivity index (χ2n) is 20.6. The predicted octanol–water partition coefficient (Wildman–Crippen LogP) is 10.0. The summed E-state index contributed by atoms with van der Waals surface area (Å²) in [5.41, 5.74) is 1.58. The fourth-order valence-electron chi connectivity index (χ4n) is 8.87. The number of methoxy groups -OCH3 is 1. The highest BCUT2D eigenvalue weighted by Gasteiger charge is 2.32. The lowest BCUT2D eigenvalue weighted by atomic mass is 9.84. The Kier molecular flexibility index (Phi) is 27.9. The van der Waals surface area contributed by atoms with Crippen LogP contribution in [0.25, 0.3) is 0 Å². The van der Waals surface area contributed by atoms with E-state index >= 15 is 0 Å². The molecular weight excluding hydrogens is 1310 g/mol. The van der Waals surface area contributed by atoms with Crippen molar-refractivity contribution >= 4 is 69.7 Å². The monoisotopic (exact) mass is 1370 g/mol. The number of hydrogen-bond acceptors (Lipinski definition) is 19. The molecule has 9 rings (SSSR count). The molecule has 3 aromatic heterocycles. The van der Waals surface area contributed by atoms with Gasteiger partial charge in [-0.1, -0.05) is 49.1 Å². The number of rotatable bonds is 27. The van der Waals surface area contributed by atoms with Gasteiger partial charge in [0.25, 0.3) is 35.4 Å². The summed E-state index contributed by atoms with van der Waals surface area (Å²) < 4.78 is 112. The number of thiazole rings is 2. The smallest absolute Gasteiger partial charge is 0.496 e. The molecule has 504 valence electrons. The number of para-hydroxylation sites is 1. The second kappa shape index (κ2) is 36.3. The SMILES string of the molecule is COc1ccccc1CNC(=O)c1csc(CNC(=O)COc2ccc(Cl)cc2)n1.C[C@H](NC(=O)c1coc(CNC(=O)COc2ccc(OC(F)(F)F)cc2)n1)C1CCCCC1.O=C(COc1ccc(OC(F)(F)F)cc1)NCc1nc(C(=O)NCC2CCCO2)cs1. The van der Waals surface area contributed by atoms with Crippen LogP contribution in [-0.4, -0.2) is 115 Å². The van der Waals surface area contributed by atoms with Gasteiger partial charge in [0.2, 0.25) is 5.89 Å². The fraction of sp³-hybridized carbons (Fsp3) is 0.371. The summed E-state index contributed by atoms with van der Waals surface area (Å²) in [5.74, 6) is -0.640. The molecule has 23 nitrogen and oxygen atoms in total. The molecule has 1 aliphatic heterocycles. The van der Waals surface area contributed by atoms with Gasteiger partial charge in [0.1, 0.15) is 62.2 Å². The van der Waals surface area contributed by atoms with E-state index < -0.39 is 30.3 Å². The van der Waals surface area contributed by atoms with Crippen molar-refractivity contribution in [1.29, 1.82) is 0 Å². The van der Waals surface area contributed by atoms with Crippen LogP contribution in [0.1, 0.15) is 105 Å². The van der Waals surface area contributed by atoms with Crippen molar-refractivity contribution in [3.8, 4) is 34.5 Å². The Morgan fingerprint density at radius 3 is 1.56 bits per heavy atom. The molecule has 6 N–H and O–H groups in total. The Balaban J connectivity index is 0.000000200. The molecule has 2 aliphatic rings. The summed E-state index contributed by atoms with van der Waals surface area (Å²) >= 11 is 8.34. The zero-order valence-electron chi connectivity index (χ0n) is 50.5. The molecule has 1 saturated carbocycles. The van der Waals surface area contributed by atoms with Gasteiger partial charge >= 0.3 is 12.7 Å². The first kappa shape index (κ1) is 72.2. The van der Waals surface area contributed by atoms with Crippen LogP contribution < -0.4 is 60.3 Å². The molecule has 6 amide bonds. The van der Waals surface area contributed by atoms with Crippen molar-refractivity contribution in [2.45, 2.75) is 103 Å². The van der Waals surface area contributed by atoms with E-state index in [1.165, 1.54) is 72.5 Å². The number of aromatic nitrogens is 3. The zero-order chi connectivity index (χ0) is 67.5. The van der Waals surface area contributed by atoms with Crippen molar-refractivity contribution in [2.24, 2.45) is 5.92 Å². The first-order chi connectivity index (χ1) is 45.0. The Bertz CT molecular complexity index is 3550. The molecule has 1 unspecified atom stereocenters. The van der Waals surface area contributed by atoms with Crippen LogP contribution in [0.2, 0.25) is 5.02 Å². The van der Waals surface area contributed by atoms with Crippen LogP contribution in [-0.2, 0) is 45.3 Å². The van der Waals surface area contributed by atoms with E-state index in [0.717, 1.165) is 55.5 Å². The van der Waals surface area contributed by atoms with E-state index in [-0.39, 0.29) is 110 Å². The van der Waals surface area contributed by atoms with Crippen molar-refractivity contribution in [2.75, 3.05) is 40.1 Å². The number of alkyl halides is 6. The van der Waals surface area contributed by atoms with Crippen LogP contribution in [0, 0.1) is 5.92 Å². The average molecular weight is 1370 g/mol. The van der Waals surface area contributed by atoms with Crippen LogP contribution in [0.5, 0.6) is 34.5 Å². The summed E-state index contributed by atoms with van der Waals surface area (Å²) in [6, 6.07) is 23.6. The molecule has 94 heavy (non-hydrogen) atoms. The quantitative estimate of drug-likeness (QED) is 0.0261. The molecule has 4 heterocycles. The normalized spacial score (nSPS) is 14.0. The minimum absolute atomic E-state index is 0.0368. The number of carbonyl (C=O) groups excluding carboxylic acids is 6. The number of oxazole rings is 1. The maximum atomic E-state index is 12.4. The maximum absolute atomic E-state index is 12.4. The third kappa shape index (κ3) is 26.1. The summed E-state index contributed by atoms with van der Waals surface area (Å²) in [6.45, 7) is 2.92. The van der Waals surface area contributed by atoms with Crippen LogP contribution in [0.4, 0.5) is 26.3 Å². The van der Waals surface area contributed by atoms with Crippen molar-refractivity contribution < 1.29 is 92.7 Å². The van der Waals surface area contributed by atoms with Gasteiger partial charge in [-0.25, -0.2) is 15.0 Å². The van der Waals surface area contributed by atoms with Gasteiger partial charge in [0.05, 0.1) is 32.8 Å². The van der Waals surface area contributed by atoms with E-state index in [1.54, 1.807) is 42.1 Å². The zero-order valence-corrected chi connectivity index (χ0v) is 52.9. The standard InChI is InChI=1S/C22H26F3N3O5.C21H20ClN3O4S.C19H20F3N3O5S/c1-14(15-5-3-2-4-6-15)27-21(30)18-12-32-20(28-18)11-26-19(29)13-31-16-7-9-17(10-8-16)33-22(23,24)25;1-28-18-5-3-2-4-14(18)10-24-21(27)17-13-30-20(25-17)11-23-19(26)12-29-16-8-6-15(22)7-9-16;20-19(21,22)30-13-5-3-12(4-6-13)29-10-16(26)23-9-17-25-15(11-31-17)18(27)24-8-14-2-1-7-28-14/h7-10,12,14-15H,2-6,11,13H2,1H3,(H,26,29)(H,27,30);2-9,13H,10-12H2,1H3,(H,23,26)(H,24,27);3-6,11,14H,1-2,7-10H2,(H,23,26)(H,24,27)/t14-;;/m0../s1. The van der Waals surface area contributed by atoms with Crippen molar-refractivity contribution in [1.82, 2.24) is 46.9 Å². The predicted molar refractivity (Wildman–Crippen MR) is 329 cm³/mol. The fourth-order valence-corrected chi connectivity index (χ4v) is 10.4. The van der Waals surface area contributed by atoms with Crippen molar-refractivity contribution in [3.05, 3.63) is 158 Å². The number of benzene rings is 4. The van der Waals surface area contributed by atoms with Crippen LogP contribution >= 0.6 is 34.3 Å². The molecule has 32 heteroatoms. The highest BCUT2D eigenvalue weighted by atomic mass is 35.5. The van der Waals surface area contributed by atoms with Gasteiger partial charge < -0.3 is 69.5 Å². The largest absolute Gasteiger partial charge is 0.573 e. The van der Waals surface area contributed by atoms with Gasteiger partial charge in [0, 0.05) is 47.1 Å². The lowest BCUT2D eigenvalue weighted by Gasteiger charge is -2.27. The summed E-state index contributed by atoms with van der Waals surface area (Å²) in [4.78, 5) is 85.2. The van der Waals surface area contributed by atoms with E-state index in [2.05, 4.69) is 56.3 Å². The van der Waals surface area contributed by atoms with Gasteiger partial charge in [-0.15, -0.1) is 49.0 Å². The van der Waals surface area contributed by atoms with E-state index in [0.29, 0.717) is 57.8 Å². The Morgan fingerprint density at radius 2 is 1.06 bits per heavy atom. The second-order valence-corrected chi connectivity index (χ2v) is 22.9. The average Bonchev–Trinajstić information content (AvgIpc) is 2.39. The first-order valence-corrected chi connectivity index (χ1v) is 31.3. The number of nitrogens with zero attached hydrogens (tertiary/aromatic N) is 3. The van der Waals surface area contributed by atoms with Gasteiger partial charge in [-0.2, -0.15) is 0 Å². The van der Waals surface area contributed by atoms with Gasteiger partial charge in [-0.3, -0.25) is 28.8 Å². The summed E-state index contributed by atoms with van der Waals surface area (Å²) in [5, 5.41) is 21.4. The Morgan fingerprint density at radius 1 is 0.574 bits per heavy atom. The number of halogens is 7. The van der Waals surface area contributed by atoms with Crippen LogP contribution in [0.15, 0.2) is 119 Å². The number of amides is 6. The molecule has 1 saturated heterocycles. The number of hydrogen-bond donors (Lipinski definition) is 6. The van der Waals surface area contributed by atoms with Crippen LogP contribution in [0.3, 0.4) is 0 Å². The van der Waals surface area contributed by atoms with E-state index in [9.17, 15) is 55.1 Å². The molecule has 2 fully saturated rings. The molecule has 0 spiro atoms. The van der Waals surface area contributed by atoms with E-state index in [1.807, 2.05) is 31.2 Å². The minimum atomic E-state index is -4.78. The van der Waals surface area contributed by atoms with Crippen molar-refractivity contribution in [3.63, 3.8) is 0 Å². The third-order valence-electron chi connectivity index (χ3n) is 13.6. The highest BCUT2D eigenvalue weighted by Crippen LogP contribution is 2.29. The minimum Gasteiger partial charge on any atom is -0.496 e. The topological polar surface area (TPSA) is 291 Å². The number of ether oxygens (including phenoxy) is 7. The van der Waals surface area contributed by atoms with Gasteiger partial charge in [0.15, 0.2) is 25.5 Å². The lowest BCUT2D eigenvalue weighted by Crippen LogP contribution is -2.39. The molecule has 0 radical (unpaired) electrons. The molecular formula is C62H66ClF6N9O14S2. The summed E-state index contributed by atoms with van der Waals surface area (Å²) in [7, 11) is 1.59. The van der Waals surface area contributed by atoms with Gasteiger partial charge in [-0.05, 0) is 117 Å². The molecule has 7 aromatic rings. The molecule has 0 bridgehead atoms. The molecule has 1 aliphatic carbocycles. The maximum Gasteiger partial charge on any atom is 0.573 e. The lowest BCUT2D eigenvalue weighted by molar-refractivity contribution is -0.275. The number of nitrogens with one attached hydrogen (secondary N) is 6. The molecule has 4 aromatic carbocycles. The Hall–Kier alpha value is -9.20. The molecule has 2 atom stereocenters. The third-order valence-corrected chi connectivity index (χ3v) is 15.5. The first-order valence-electron chi connectivity index (χ1n) is 29.1. The van der Waals surface area contributed by atoms with E-state index in [4.69, 9.17) is 39.7 Å². The Labute approximate surface area is 547 Å². The summed E-state index contributed by atoms with van der Waals surface area (Å²) in [6.07, 6.45) is -0.565. The number of carbonyl (C=O) groups is 6. The highest BCUT2D eigenvalue weighted by molar-refractivity contribution is 7.10.